The van der Waals surface area contributed by atoms with Crippen molar-refractivity contribution in [3.8, 4) is 0 Å². The molecule has 0 saturated heterocycles. The first-order valence-electron chi connectivity index (χ1n) is 5.89. The highest BCUT2D eigenvalue weighted by Gasteiger charge is 2.06. The highest BCUT2D eigenvalue weighted by Crippen LogP contribution is 2.17. The summed E-state index contributed by atoms with van der Waals surface area (Å²) in [6.45, 7) is 2.69. The van der Waals surface area contributed by atoms with Crippen LogP contribution in [0.3, 0.4) is 0 Å². The third-order valence-electron chi connectivity index (χ3n) is 2.61. The monoisotopic (exact) mass is 259 g/mol. The van der Waals surface area contributed by atoms with Crippen molar-refractivity contribution >= 4 is 17.3 Å². The molecule has 3 nitrogen and oxygen atoms in total. The summed E-state index contributed by atoms with van der Waals surface area (Å²) >= 11 is 1.71. The van der Waals surface area contributed by atoms with Crippen molar-refractivity contribution in [2.75, 3.05) is 0 Å². The van der Waals surface area contributed by atoms with Gasteiger partial charge in [0.15, 0.2) is 5.96 Å². The minimum Gasteiger partial charge on any atom is -0.370 e. The first-order valence-corrected chi connectivity index (χ1v) is 6.77. The summed E-state index contributed by atoms with van der Waals surface area (Å²) in [4.78, 5) is 5.59. The second-order valence-electron chi connectivity index (χ2n) is 4.07. The van der Waals surface area contributed by atoms with Crippen LogP contribution in [0.5, 0.6) is 0 Å². The van der Waals surface area contributed by atoms with E-state index in [1.807, 2.05) is 36.4 Å². The number of rotatable bonds is 4. The van der Waals surface area contributed by atoms with Crippen LogP contribution in [0, 0.1) is 0 Å². The Kier molecular flexibility index (Phi) is 4.36. The fourth-order valence-corrected chi connectivity index (χ4v) is 2.37. The lowest BCUT2D eigenvalue weighted by atomic mass is 10.2. The molecular weight excluding hydrogens is 242 g/mol. The van der Waals surface area contributed by atoms with Crippen molar-refractivity contribution in [3.63, 3.8) is 0 Å². The number of guanidine groups is 1. The molecule has 94 valence electrons. The van der Waals surface area contributed by atoms with Gasteiger partial charge < -0.3 is 11.1 Å². The second-order valence-corrected chi connectivity index (χ2v) is 5.05. The van der Waals surface area contributed by atoms with E-state index >= 15 is 0 Å². The Bertz CT molecular complexity index is 491. The molecule has 0 aliphatic heterocycles. The van der Waals surface area contributed by atoms with Crippen LogP contribution in [0.15, 0.2) is 52.8 Å². The molecule has 0 unspecified atom stereocenters. The zero-order valence-electron chi connectivity index (χ0n) is 10.3. The van der Waals surface area contributed by atoms with Crippen molar-refractivity contribution in [3.05, 3.63) is 58.3 Å². The Labute approximate surface area is 111 Å². The summed E-state index contributed by atoms with van der Waals surface area (Å²) in [5, 5.41) is 5.25. The van der Waals surface area contributed by atoms with E-state index in [0.717, 1.165) is 5.56 Å². The minimum absolute atomic E-state index is 0.199. The zero-order chi connectivity index (χ0) is 12.8. The van der Waals surface area contributed by atoms with E-state index in [4.69, 9.17) is 5.73 Å². The van der Waals surface area contributed by atoms with E-state index in [9.17, 15) is 0 Å². The number of nitrogens with one attached hydrogen (secondary N) is 1. The second kappa shape index (κ2) is 6.21. The third-order valence-corrected chi connectivity index (χ3v) is 3.66. The number of aliphatic imine (C=N–C) groups is 1. The number of benzene rings is 1. The number of nitrogens with two attached hydrogens (primary N) is 1. The quantitative estimate of drug-likeness (QED) is 0.655. The Morgan fingerprint density at radius 3 is 2.72 bits per heavy atom. The van der Waals surface area contributed by atoms with Crippen molar-refractivity contribution < 1.29 is 0 Å². The zero-order valence-corrected chi connectivity index (χ0v) is 11.2. The van der Waals surface area contributed by atoms with Crippen molar-refractivity contribution in [2.24, 2.45) is 10.7 Å². The SMILES string of the molecule is C[C@H](NC(N)=NCc1ccccc1)c1cccs1. The smallest absolute Gasteiger partial charge is 0.189 e. The Balaban J connectivity index is 1.90. The van der Waals surface area contributed by atoms with E-state index in [0.29, 0.717) is 12.5 Å². The van der Waals surface area contributed by atoms with Crippen molar-refractivity contribution in [2.45, 2.75) is 19.5 Å². The Morgan fingerprint density at radius 2 is 2.06 bits per heavy atom. The summed E-state index contributed by atoms with van der Waals surface area (Å²) in [5.74, 6) is 0.486. The number of hydrogen-bond donors (Lipinski definition) is 2. The molecule has 1 atom stereocenters. The van der Waals surface area contributed by atoms with Gasteiger partial charge in [0.05, 0.1) is 12.6 Å². The fourth-order valence-electron chi connectivity index (χ4n) is 1.64. The van der Waals surface area contributed by atoms with Crippen LogP contribution >= 0.6 is 11.3 Å². The average molecular weight is 259 g/mol. The van der Waals surface area contributed by atoms with Crippen LogP contribution in [0.2, 0.25) is 0 Å². The molecule has 3 N–H and O–H groups in total. The van der Waals surface area contributed by atoms with Crippen LogP contribution in [-0.2, 0) is 6.54 Å². The summed E-state index contributed by atoms with van der Waals surface area (Å²) in [6.07, 6.45) is 0. The van der Waals surface area contributed by atoms with E-state index in [-0.39, 0.29) is 6.04 Å². The molecule has 1 aromatic heterocycles. The molecule has 0 aliphatic rings. The summed E-state index contributed by atoms with van der Waals surface area (Å²) < 4.78 is 0. The van der Waals surface area contributed by atoms with Crippen LogP contribution in [0.1, 0.15) is 23.4 Å². The van der Waals surface area contributed by atoms with Gasteiger partial charge in [0.25, 0.3) is 0 Å². The lowest BCUT2D eigenvalue weighted by Gasteiger charge is -2.12. The highest BCUT2D eigenvalue weighted by molar-refractivity contribution is 7.10. The highest BCUT2D eigenvalue weighted by atomic mass is 32.1. The maximum atomic E-state index is 5.87. The van der Waals surface area contributed by atoms with E-state index in [2.05, 4.69) is 28.7 Å². The maximum absolute atomic E-state index is 5.87. The van der Waals surface area contributed by atoms with Gasteiger partial charge in [-0.2, -0.15) is 0 Å². The van der Waals surface area contributed by atoms with Gasteiger partial charge in [0.1, 0.15) is 0 Å². The minimum atomic E-state index is 0.199. The molecule has 1 heterocycles. The first-order chi connectivity index (χ1) is 8.75. The molecule has 4 heteroatoms. The largest absolute Gasteiger partial charge is 0.370 e. The molecule has 0 saturated carbocycles. The first kappa shape index (κ1) is 12.6. The van der Waals surface area contributed by atoms with Gasteiger partial charge in [0.2, 0.25) is 0 Å². The van der Waals surface area contributed by atoms with Crippen LogP contribution < -0.4 is 11.1 Å². The van der Waals surface area contributed by atoms with Gasteiger partial charge in [-0.15, -0.1) is 11.3 Å². The van der Waals surface area contributed by atoms with Gasteiger partial charge in [-0.05, 0) is 23.9 Å². The van der Waals surface area contributed by atoms with Gasteiger partial charge in [-0.3, -0.25) is 0 Å². The molecule has 0 aliphatic carbocycles. The molecular formula is C14H17N3S. The standard InChI is InChI=1S/C14H17N3S/c1-11(13-8-5-9-18-13)17-14(15)16-10-12-6-3-2-4-7-12/h2-9,11H,10H2,1H3,(H3,15,16,17)/t11-/m0/s1. The molecule has 0 fully saturated rings. The van der Waals surface area contributed by atoms with Gasteiger partial charge in [-0.25, -0.2) is 4.99 Å². The fraction of sp³-hybridized carbons (Fsp3) is 0.214. The topological polar surface area (TPSA) is 50.4 Å². The normalized spacial score (nSPS) is 13.3. The number of hydrogen-bond acceptors (Lipinski definition) is 2. The molecule has 1 aromatic carbocycles. The maximum Gasteiger partial charge on any atom is 0.189 e. The van der Waals surface area contributed by atoms with Gasteiger partial charge >= 0.3 is 0 Å². The summed E-state index contributed by atoms with van der Waals surface area (Å²) in [7, 11) is 0. The lowest BCUT2D eigenvalue weighted by Crippen LogP contribution is -2.33. The van der Waals surface area contributed by atoms with Gasteiger partial charge in [0, 0.05) is 4.88 Å². The van der Waals surface area contributed by atoms with Crippen LogP contribution in [0.4, 0.5) is 0 Å². The Morgan fingerprint density at radius 1 is 1.28 bits per heavy atom. The van der Waals surface area contributed by atoms with Crippen LogP contribution in [-0.4, -0.2) is 5.96 Å². The average Bonchev–Trinajstić information content (AvgIpc) is 2.91. The van der Waals surface area contributed by atoms with Crippen molar-refractivity contribution in [1.82, 2.24) is 5.32 Å². The molecule has 0 radical (unpaired) electrons. The molecule has 18 heavy (non-hydrogen) atoms. The van der Waals surface area contributed by atoms with Gasteiger partial charge in [-0.1, -0.05) is 36.4 Å². The molecule has 0 amide bonds. The predicted octanol–water partition coefficient (Wildman–Crippen LogP) is 2.91. The predicted molar refractivity (Wildman–Crippen MR) is 77.6 cm³/mol. The lowest BCUT2D eigenvalue weighted by molar-refractivity contribution is 0.721. The van der Waals surface area contributed by atoms with E-state index in [1.165, 1.54) is 4.88 Å². The summed E-state index contributed by atoms with van der Waals surface area (Å²) in [5.41, 5.74) is 7.03. The molecule has 2 aromatic rings. The van der Waals surface area contributed by atoms with E-state index in [1.54, 1.807) is 11.3 Å². The third kappa shape index (κ3) is 3.60. The number of nitrogens with zero attached hydrogens (tertiary/aromatic N) is 1. The molecule has 0 spiro atoms. The Hall–Kier alpha value is -1.81. The van der Waals surface area contributed by atoms with Crippen LogP contribution in [0.25, 0.3) is 0 Å². The molecule has 2 rings (SSSR count). The number of thiophene rings is 1. The molecule has 0 bridgehead atoms. The summed E-state index contributed by atoms with van der Waals surface area (Å²) in [6, 6.07) is 14.4. The van der Waals surface area contributed by atoms with E-state index < -0.39 is 0 Å². The van der Waals surface area contributed by atoms with Crippen molar-refractivity contribution in [1.29, 1.82) is 0 Å².